The number of aromatic hydroxyl groups is 1. The number of ether oxygens (including phenoxy) is 1. The maximum Gasteiger partial charge on any atom is 0.340 e. The Hall–Kier alpha value is -2.86. The van der Waals surface area contributed by atoms with Gasteiger partial charge in [0.2, 0.25) is 0 Å². The first-order chi connectivity index (χ1) is 12.9. The third kappa shape index (κ3) is 3.66. The molecule has 3 rings (SSSR count). The molecule has 0 aliphatic heterocycles. The molecule has 6 nitrogen and oxygen atoms in total. The second-order valence-electron chi connectivity index (χ2n) is 6.53. The molecule has 2 aromatic heterocycles. The van der Waals surface area contributed by atoms with E-state index in [2.05, 4.69) is 4.98 Å². The highest BCUT2D eigenvalue weighted by molar-refractivity contribution is 5.92. The quantitative estimate of drug-likeness (QED) is 0.651. The fourth-order valence-electron chi connectivity index (χ4n) is 3.18. The highest BCUT2D eigenvalue weighted by Crippen LogP contribution is 2.31. The Bertz CT molecular complexity index is 963. The summed E-state index contributed by atoms with van der Waals surface area (Å²) in [5, 5.41) is 21.2. The van der Waals surface area contributed by atoms with E-state index in [1.54, 1.807) is 17.5 Å². The number of benzene rings is 1. The molecular formula is C21H24N2O4. The van der Waals surface area contributed by atoms with Gasteiger partial charge in [0.25, 0.3) is 0 Å². The molecule has 142 valence electrons. The average Bonchev–Trinajstić information content (AvgIpc) is 2.96. The molecule has 1 aromatic carbocycles. The number of aryl methyl sites for hydroxylation is 2. The van der Waals surface area contributed by atoms with E-state index in [0.29, 0.717) is 29.6 Å². The Balaban J connectivity index is 2.00. The lowest BCUT2D eigenvalue weighted by Crippen LogP contribution is -2.12. The van der Waals surface area contributed by atoms with Crippen LogP contribution in [0.5, 0.6) is 5.75 Å². The van der Waals surface area contributed by atoms with E-state index in [4.69, 9.17) is 4.74 Å². The normalized spacial score (nSPS) is 12.3. The van der Waals surface area contributed by atoms with Gasteiger partial charge in [-0.3, -0.25) is 0 Å². The number of imidazole rings is 1. The first kappa shape index (κ1) is 18.9. The van der Waals surface area contributed by atoms with Gasteiger partial charge in [-0.1, -0.05) is 30.3 Å². The van der Waals surface area contributed by atoms with Crippen LogP contribution in [0, 0.1) is 13.8 Å². The van der Waals surface area contributed by atoms with Gasteiger partial charge >= 0.3 is 5.97 Å². The fraction of sp³-hybridized carbons (Fsp3) is 0.333. The van der Waals surface area contributed by atoms with Gasteiger partial charge in [0.15, 0.2) is 11.4 Å². The van der Waals surface area contributed by atoms with E-state index >= 15 is 0 Å². The van der Waals surface area contributed by atoms with Crippen LogP contribution in [0.25, 0.3) is 5.65 Å². The predicted octanol–water partition coefficient (Wildman–Crippen LogP) is 3.50. The van der Waals surface area contributed by atoms with E-state index in [-0.39, 0.29) is 12.4 Å². The van der Waals surface area contributed by atoms with Crippen molar-refractivity contribution < 1.29 is 19.7 Å². The molecule has 0 aliphatic carbocycles. The van der Waals surface area contributed by atoms with Crippen LogP contribution in [0.4, 0.5) is 0 Å². The van der Waals surface area contributed by atoms with Gasteiger partial charge in [0.05, 0.1) is 24.0 Å². The molecule has 0 saturated heterocycles. The van der Waals surface area contributed by atoms with Crippen molar-refractivity contribution in [1.29, 1.82) is 0 Å². The van der Waals surface area contributed by atoms with E-state index < -0.39 is 12.1 Å². The lowest BCUT2D eigenvalue weighted by atomic mass is 9.98. The summed E-state index contributed by atoms with van der Waals surface area (Å²) in [7, 11) is 0. The number of aliphatic hydroxyl groups is 1. The lowest BCUT2D eigenvalue weighted by Gasteiger charge is -2.15. The molecule has 2 N–H and O–H groups in total. The van der Waals surface area contributed by atoms with Crippen molar-refractivity contribution >= 4 is 11.6 Å². The molecule has 0 amide bonds. The van der Waals surface area contributed by atoms with Crippen LogP contribution in [0.3, 0.4) is 0 Å². The summed E-state index contributed by atoms with van der Waals surface area (Å²) in [5.74, 6) is -0.540. The van der Waals surface area contributed by atoms with Crippen molar-refractivity contribution in [2.75, 3.05) is 6.61 Å². The zero-order valence-corrected chi connectivity index (χ0v) is 15.8. The zero-order valence-electron chi connectivity index (χ0n) is 15.8. The smallest absolute Gasteiger partial charge is 0.340 e. The Morgan fingerprint density at radius 3 is 2.63 bits per heavy atom. The van der Waals surface area contributed by atoms with Crippen molar-refractivity contribution in [3.63, 3.8) is 0 Å². The Morgan fingerprint density at radius 1 is 1.26 bits per heavy atom. The predicted molar refractivity (Wildman–Crippen MR) is 102 cm³/mol. The summed E-state index contributed by atoms with van der Waals surface area (Å²) in [6.07, 6.45) is 1.64. The third-order valence-electron chi connectivity index (χ3n) is 4.82. The molecule has 0 radical (unpaired) electrons. The van der Waals surface area contributed by atoms with Crippen molar-refractivity contribution in [2.45, 2.75) is 39.7 Å². The Labute approximate surface area is 158 Å². The molecule has 1 unspecified atom stereocenters. The first-order valence-corrected chi connectivity index (χ1v) is 9.04. The standard InChI is InChI=1S/C21H24N2O4/c1-4-27-21(26)17-12-23-14(3)13(2)22-20(23)19(25)16(17)10-11-18(24)15-8-6-5-7-9-15/h5-9,12,18,24-25H,4,10-11H2,1-3H3. The number of aliphatic hydroxyl groups excluding tert-OH is 1. The summed E-state index contributed by atoms with van der Waals surface area (Å²) < 4.78 is 6.87. The summed E-state index contributed by atoms with van der Waals surface area (Å²) in [6.45, 7) is 5.71. The molecule has 0 fully saturated rings. The minimum absolute atomic E-state index is 0.0444. The molecule has 0 saturated carbocycles. The minimum Gasteiger partial charge on any atom is -0.504 e. The van der Waals surface area contributed by atoms with Gasteiger partial charge in [0, 0.05) is 17.5 Å². The van der Waals surface area contributed by atoms with Crippen LogP contribution < -0.4 is 0 Å². The fourth-order valence-corrected chi connectivity index (χ4v) is 3.18. The summed E-state index contributed by atoms with van der Waals surface area (Å²) in [4.78, 5) is 16.9. The SMILES string of the molecule is CCOC(=O)c1cn2c(C)c(C)nc2c(O)c1CCC(O)c1ccccc1. The maximum atomic E-state index is 12.5. The minimum atomic E-state index is -0.694. The highest BCUT2D eigenvalue weighted by atomic mass is 16.5. The Kier molecular flexibility index (Phi) is 5.46. The van der Waals surface area contributed by atoms with Gasteiger partial charge in [-0.15, -0.1) is 0 Å². The maximum absolute atomic E-state index is 12.5. The van der Waals surface area contributed by atoms with Crippen LogP contribution in [0.2, 0.25) is 0 Å². The Morgan fingerprint density at radius 2 is 1.96 bits per heavy atom. The van der Waals surface area contributed by atoms with Gasteiger partial charge in [-0.25, -0.2) is 9.78 Å². The van der Waals surface area contributed by atoms with Crippen molar-refractivity contribution in [3.05, 3.63) is 64.6 Å². The molecule has 6 heteroatoms. The van der Waals surface area contributed by atoms with E-state index in [9.17, 15) is 15.0 Å². The van der Waals surface area contributed by atoms with E-state index in [1.165, 1.54) is 0 Å². The average molecular weight is 368 g/mol. The number of rotatable bonds is 6. The molecule has 0 spiro atoms. The van der Waals surface area contributed by atoms with E-state index in [0.717, 1.165) is 17.0 Å². The van der Waals surface area contributed by atoms with Crippen molar-refractivity contribution in [3.8, 4) is 5.75 Å². The number of carbonyl (C=O) groups is 1. The number of esters is 1. The summed E-state index contributed by atoms with van der Waals surface area (Å²) >= 11 is 0. The molecule has 2 heterocycles. The number of pyridine rings is 1. The monoisotopic (exact) mass is 368 g/mol. The molecule has 0 bridgehead atoms. The van der Waals surface area contributed by atoms with Crippen molar-refractivity contribution in [2.24, 2.45) is 0 Å². The van der Waals surface area contributed by atoms with Gasteiger partial charge < -0.3 is 19.4 Å². The largest absolute Gasteiger partial charge is 0.504 e. The van der Waals surface area contributed by atoms with Crippen molar-refractivity contribution in [1.82, 2.24) is 9.38 Å². The number of hydrogen-bond donors (Lipinski definition) is 2. The second kappa shape index (κ2) is 7.80. The van der Waals surface area contributed by atoms with Crippen LogP contribution in [-0.2, 0) is 11.2 Å². The van der Waals surface area contributed by atoms with Gasteiger partial charge in [0.1, 0.15) is 0 Å². The first-order valence-electron chi connectivity index (χ1n) is 9.04. The number of aromatic nitrogens is 2. The van der Waals surface area contributed by atoms with Crippen LogP contribution in [0.15, 0.2) is 36.5 Å². The lowest BCUT2D eigenvalue weighted by molar-refractivity contribution is 0.0523. The highest BCUT2D eigenvalue weighted by Gasteiger charge is 2.23. The van der Waals surface area contributed by atoms with Crippen LogP contribution >= 0.6 is 0 Å². The van der Waals surface area contributed by atoms with E-state index in [1.807, 2.05) is 44.2 Å². The summed E-state index contributed by atoms with van der Waals surface area (Å²) in [6, 6.07) is 9.31. The van der Waals surface area contributed by atoms with Crippen LogP contribution in [0.1, 0.15) is 52.3 Å². The number of hydrogen-bond acceptors (Lipinski definition) is 5. The third-order valence-corrected chi connectivity index (χ3v) is 4.82. The van der Waals surface area contributed by atoms with Crippen LogP contribution in [-0.4, -0.2) is 32.2 Å². The van der Waals surface area contributed by atoms with Gasteiger partial charge in [-0.05, 0) is 39.2 Å². The molecule has 1 atom stereocenters. The molecule has 0 aliphatic rings. The summed E-state index contributed by atoms with van der Waals surface area (Å²) in [5.41, 5.74) is 3.57. The number of nitrogens with zero attached hydrogens (tertiary/aromatic N) is 2. The molecular weight excluding hydrogens is 344 g/mol. The van der Waals surface area contributed by atoms with Gasteiger partial charge in [-0.2, -0.15) is 0 Å². The number of fused-ring (bicyclic) bond motifs is 1. The molecule has 3 aromatic rings. The molecule has 27 heavy (non-hydrogen) atoms. The zero-order chi connectivity index (χ0) is 19.6. The topological polar surface area (TPSA) is 84.1 Å². The second-order valence-corrected chi connectivity index (χ2v) is 6.53. The number of carbonyl (C=O) groups excluding carboxylic acids is 1.